The third-order valence-electron chi connectivity index (χ3n) is 3.93. The first-order valence-corrected chi connectivity index (χ1v) is 10.5. The number of nitrogens with one attached hydrogen (secondary N) is 2. The van der Waals surface area contributed by atoms with Gasteiger partial charge in [-0.05, 0) is 67.0 Å². The van der Waals surface area contributed by atoms with Gasteiger partial charge in [-0.1, -0.05) is 42.3 Å². The zero-order valence-electron chi connectivity index (χ0n) is 15.3. The normalized spacial score (nSPS) is 10.6. The lowest BCUT2D eigenvalue weighted by molar-refractivity contribution is -0.121. The highest BCUT2D eigenvalue weighted by molar-refractivity contribution is 7.80. The van der Waals surface area contributed by atoms with E-state index in [2.05, 4.69) is 34.7 Å². The van der Waals surface area contributed by atoms with E-state index < -0.39 is 0 Å². The van der Waals surface area contributed by atoms with Gasteiger partial charge < -0.3 is 10.1 Å². The Morgan fingerprint density at radius 2 is 2.04 bits per heavy atom. The molecule has 0 aliphatic heterocycles. The zero-order chi connectivity index (χ0) is 19.9. The Kier molecular flexibility index (Phi) is 7.19. The molecule has 0 bridgehead atoms. The summed E-state index contributed by atoms with van der Waals surface area (Å²) in [6.45, 7) is 2.03. The van der Waals surface area contributed by atoms with Gasteiger partial charge in [-0.2, -0.15) is 0 Å². The fourth-order valence-corrected chi connectivity index (χ4v) is 3.86. The first kappa shape index (κ1) is 20.5. The number of unbranched alkanes of at least 4 members (excludes halogenated alkanes) is 1. The smallest absolute Gasteiger partial charge is 0.264 e. The summed E-state index contributed by atoms with van der Waals surface area (Å²) < 4.78 is 6.49. The maximum absolute atomic E-state index is 12.0. The average Bonchev–Trinajstić information content (AvgIpc) is 3.07. The summed E-state index contributed by atoms with van der Waals surface area (Å²) in [4.78, 5) is 16.5. The molecule has 28 heavy (non-hydrogen) atoms. The van der Waals surface area contributed by atoms with E-state index in [1.165, 1.54) is 29.7 Å². The molecule has 1 heterocycles. The number of hydrogen-bond acceptors (Lipinski definition) is 5. The Balaban J connectivity index is 1.52. The third kappa shape index (κ3) is 5.89. The van der Waals surface area contributed by atoms with Gasteiger partial charge in [-0.15, -0.1) is 0 Å². The molecular formula is C20H20ClN3O2S2. The second kappa shape index (κ2) is 9.82. The summed E-state index contributed by atoms with van der Waals surface area (Å²) >= 11 is 12.5. The molecule has 0 aliphatic carbocycles. The number of carbonyl (C=O) groups is 1. The van der Waals surface area contributed by atoms with Gasteiger partial charge in [0.05, 0.1) is 10.2 Å². The van der Waals surface area contributed by atoms with E-state index >= 15 is 0 Å². The number of amides is 1. The van der Waals surface area contributed by atoms with Gasteiger partial charge in [0, 0.05) is 5.02 Å². The van der Waals surface area contributed by atoms with Crippen molar-refractivity contribution in [3.05, 3.63) is 53.1 Å². The van der Waals surface area contributed by atoms with E-state index in [1.54, 1.807) is 24.3 Å². The Morgan fingerprint density at radius 3 is 2.79 bits per heavy atom. The van der Waals surface area contributed by atoms with Crippen molar-refractivity contribution in [1.82, 2.24) is 10.3 Å². The van der Waals surface area contributed by atoms with Gasteiger partial charge >= 0.3 is 0 Å². The molecule has 5 nitrogen and oxygen atoms in total. The summed E-state index contributed by atoms with van der Waals surface area (Å²) in [5, 5.41) is 7.00. The standard InChI is InChI=1S/C20H20ClN3O2S2/c1-2-3-4-13-5-10-16-17(11-13)28-20(22-16)24-19(27)23-18(25)12-26-15-8-6-14(21)7-9-15/h5-11H,2-4,12H2,1H3,(H2,22,23,24,25,27). The summed E-state index contributed by atoms with van der Waals surface area (Å²) in [5.74, 6) is 0.207. The van der Waals surface area contributed by atoms with Crippen molar-refractivity contribution in [2.24, 2.45) is 0 Å². The maximum atomic E-state index is 12.0. The highest BCUT2D eigenvalue weighted by atomic mass is 35.5. The quantitative estimate of drug-likeness (QED) is 0.502. The highest BCUT2D eigenvalue weighted by Crippen LogP contribution is 2.27. The lowest BCUT2D eigenvalue weighted by atomic mass is 10.1. The molecule has 0 aliphatic rings. The van der Waals surface area contributed by atoms with Crippen molar-refractivity contribution in [3.8, 4) is 5.75 Å². The van der Waals surface area contributed by atoms with Crippen LogP contribution in [-0.4, -0.2) is 22.6 Å². The van der Waals surface area contributed by atoms with Crippen LogP contribution in [0.3, 0.4) is 0 Å². The molecule has 0 atom stereocenters. The van der Waals surface area contributed by atoms with E-state index in [4.69, 9.17) is 28.6 Å². The van der Waals surface area contributed by atoms with Crippen LogP contribution in [0.25, 0.3) is 10.2 Å². The van der Waals surface area contributed by atoms with Crippen LogP contribution in [0.5, 0.6) is 5.75 Å². The number of hydrogen-bond donors (Lipinski definition) is 2. The molecule has 146 valence electrons. The molecule has 0 unspecified atom stereocenters. The molecule has 1 aromatic heterocycles. The van der Waals surface area contributed by atoms with Crippen molar-refractivity contribution in [2.45, 2.75) is 26.2 Å². The van der Waals surface area contributed by atoms with Gasteiger partial charge in [0.1, 0.15) is 5.75 Å². The van der Waals surface area contributed by atoms with Crippen LogP contribution >= 0.6 is 35.2 Å². The number of benzene rings is 2. The molecule has 0 saturated heterocycles. The van der Waals surface area contributed by atoms with Crippen molar-refractivity contribution in [2.75, 3.05) is 11.9 Å². The summed E-state index contributed by atoms with van der Waals surface area (Å²) in [6, 6.07) is 13.1. The number of rotatable bonds is 7. The predicted molar refractivity (Wildman–Crippen MR) is 120 cm³/mol. The van der Waals surface area contributed by atoms with Crippen LogP contribution in [0.4, 0.5) is 5.13 Å². The lowest BCUT2D eigenvalue weighted by Crippen LogP contribution is -2.37. The minimum absolute atomic E-state index is 0.149. The number of carbonyl (C=O) groups excluding carboxylic acids is 1. The summed E-state index contributed by atoms with van der Waals surface area (Å²) in [7, 11) is 0. The number of fused-ring (bicyclic) bond motifs is 1. The fourth-order valence-electron chi connectivity index (χ4n) is 2.53. The molecule has 0 spiro atoms. The second-order valence-electron chi connectivity index (χ2n) is 6.17. The zero-order valence-corrected chi connectivity index (χ0v) is 17.7. The molecule has 2 N–H and O–H groups in total. The lowest BCUT2D eigenvalue weighted by Gasteiger charge is -2.08. The van der Waals surface area contributed by atoms with Crippen molar-refractivity contribution < 1.29 is 9.53 Å². The van der Waals surface area contributed by atoms with Crippen LogP contribution in [-0.2, 0) is 11.2 Å². The van der Waals surface area contributed by atoms with Gasteiger partial charge in [0.15, 0.2) is 16.9 Å². The molecule has 3 rings (SSSR count). The molecule has 2 aromatic carbocycles. The SMILES string of the molecule is CCCCc1ccc2nc(NC(=S)NC(=O)COc3ccc(Cl)cc3)sc2c1. The van der Waals surface area contributed by atoms with Crippen molar-refractivity contribution in [1.29, 1.82) is 0 Å². The summed E-state index contributed by atoms with van der Waals surface area (Å²) in [6.07, 6.45) is 3.40. The van der Waals surface area contributed by atoms with Crippen LogP contribution < -0.4 is 15.4 Å². The number of anilines is 1. The minimum Gasteiger partial charge on any atom is -0.484 e. The molecule has 0 saturated carbocycles. The number of halogens is 1. The number of thiazole rings is 1. The molecule has 3 aromatic rings. The van der Waals surface area contributed by atoms with Crippen LogP contribution in [0, 0.1) is 0 Å². The second-order valence-corrected chi connectivity index (χ2v) is 8.04. The molecular weight excluding hydrogens is 414 g/mol. The molecule has 0 fully saturated rings. The minimum atomic E-state index is -0.351. The van der Waals surface area contributed by atoms with E-state index in [0.29, 0.717) is 15.9 Å². The van der Waals surface area contributed by atoms with E-state index in [0.717, 1.165) is 16.6 Å². The number of thiocarbonyl (C=S) groups is 1. The Bertz CT molecular complexity index is 973. The molecule has 8 heteroatoms. The van der Waals surface area contributed by atoms with Gasteiger partial charge in [-0.25, -0.2) is 4.98 Å². The Morgan fingerprint density at radius 1 is 1.25 bits per heavy atom. The van der Waals surface area contributed by atoms with Crippen molar-refractivity contribution >= 4 is 61.5 Å². The van der Waals surface area contributed by atoms with Gasteiger partial charge in [0.2, 0.25) is 0 Å². The summed E-state index contributed by atoms with van der Waals surface area (Å²) in [5.41, 5.74) is 2.22. The van der Waals surface area contributed by atoms with Crippen LogP contribution in [0.15, 0.2) is 42.5 Å². The Labute approximate surface area is 178 Å². The largest absolute Gasteiger partial charge is 0.484 e. The monoisotopic (exact) mass is 433 g/mol. The fraction of sp³-hybridized carbons (Fsp3) is 0.250. The van der Waals surface area contributed by atoms with Crippen LogP contribution in [0.2, 0.25) is 5.02 Å². The van der Waals surface area contributed by atoms with E-state index in [9.17, 15) is 4.79 Å². The van der Waals surface area contributed by atoms with Crippen LogP contribution in [0.1, 0.15) is 25.3 Å². The van der Waals surface area contributed by atoms with Crippen molar-refractivity contribution in [3.63, 3.8) is 0 Å². The third-order valence-corrected chi connectivity index (χ3v) is 5.32. The van der Waals surface area contributed by atoms with E-state index in [-0.39, 0.29) is 17.6 Å². The number of ether oxygens (including phenoxy) is 1. The Hall–Kier alpha value is -2.22. The highest BCUT2D eigenvalue weighted by Gasteiger charge is 2.09. The molecule has 1 amide bonds. The first-order chi connectivity index (χ1) is 13.5. The number of nitrogens with zero attached hydrogens (tertiary/aromatic N) is 1. The van der Waals surface area contributed by atoms with Gasteiger partial charge in [0.25, 0.3) is 5.91 Å². The average molecular weight is 434 g/mol. The number of aromatic nitrogens is 1. The maximum Gasteiger partial charge on any atom is 0.264 e. The first-order valence-electron chi connectivity index (χ1n) is 8.92. The van der Waals surface area contributed by atoms with E-state index in [1.807, 2.05) is 6.07 Å². The molecule has 0 radical (unpaired) electrons. The van der Waals surface area contributed by atoms with Gasteiger partial charge in [-0.3, -0.25) is 10.1 Å². The number of aryl methyl sites for hydroxylation is 1. The topological polar surface area (TPSA) is 63.2 Å². The predicted octanol–water partition coefficient (Wildman–Crippen LogP) is 5.18.